The van der Waals surface area contributed by atoms with Crippen LogP contribution < -0.4 is 0 Å². The lowest BCUT2D eigenvalue weighted by atomic mass is 9.47. The number of hydrogen-bond acceptors (Lipinski definition) is 5. The van der Waals surface area contributed by atoms with E-state index in [0.29, 0.717) is 42.4 Å². The maximum atomic E-state index is 11.4. The fraction of sp³-hybridized carbons (Fsp3) is 1.00. The van der Waals surface area contributed by atoms with Crippen molar-refractivity contribution in [1.82, 2.24) is 0 Å². The van der Waals surface area contributed by atoms with E-state index in [2.05, 4.69) is 55.4 Å². The van der Waals surface area contributed by atoms with E-state index in [1.54, 1.807) is 0 Å². The van der Waals surface area contributed by atoms with E-state index >= 15 is 0 Å². The number of aliphatic hydroxyl groups excluding tert-OH is 1. The lowest BCUT2D eigenvalue weighted by Gasteiger charge is -2.60. The molecule has 2 aliphatic heterocycles. The molecule has 6 heteroatoms. The smallest absolute Gasteiger partial charge is 0.200 e. The molecular weight excluding hydrogens is 408 g/mol. The third kappa shape index (κ3) is 3.26. The second kappa shape index (κ2) is 8.05. The van der Waals surface area contributed by atoms with Gasteiger partial charge in [-0.2, -0.15) is 0 Å². The van der Waals surface area contributed by atoms with Crippen molar-refractivity contribution < 1.29 is 23.7 Å². The van der Waals surface area contributed by atoms with Gasteiger partial charge >= 0.3 is 0 Å². The van der Waals surface area contributed by atoms with Crippen LogP contribution in [0.3, 0.4) is 0 Å². The fourth-order valence-corrected chi connectivity index (χ4v) is 13.9. The number of epoxide rings is 1. The summed E-state index contributed by atoms with van der Waals surface area (Å²) in [5, 5.41) is 11.4. The summed E-state index contributed by atoms with van der Waals surface area (Å²) in [4.78, 5) is 0. The number of fused-ring (bicyclic) bond motifs is 4. The van der Waals surface area contributed by atoms with Crippen molar-refractivity contribution in [2.75, 3.05) is 19.8 Å². The maximum Gasteiger partial charge on any atom is 0.200 e. The quantitative estimate of drug-likeness (QED) is 0.420. The normalized spacial score (nSPS) is 41.8. The number of hydrogen-bond donors (Lipinski definition) is 1. The van der Waals surface area contributed by atoms with Gasteiger partial charge in [-0.15, -0.1) is 0 Å². The Morgan fingerprint density at radius 3 is 2.13 bits per heavy atom. The van der Waals surface area contributed by atoms with Crippen molar-refractivity contribution in [1.29, 1.82) is 0 Å². The largest absolute Gasteiger partial charge is 0.416 e. The molecule has 1 unspecified atom stereocenters. The van der Waals surface area contributed by atoms with Gasteiger partial charge in [-0.1, -0.05) is 55.4 Å². The maximum absolute atomic E-state index is 11.4. The summed E-state index contributed by atoms with van der Waals surface area (Å²) >= 11 is 0. The average molecular weight is 455 g/mol. The molecule has 2 saturated heterocycles. The topological polar surface area (TPSA) is 60.5 Å². The molecule has 0 aromatic carbocycles. The minimum Gasteiger partial charge on any atom is -0.416 e. The minimum absolute atomic E-state index is 0.0374. The highest BCUT2D eigenvalue weighted by Crippen LogP contribution is 2.69. The van der Waals surface area contributed by atoms with Crippen molar-refractivity contribution >= 4 is 8.32 Å². The third-order valence-electron chi connectivity index (χ3n) is 9.90. The molecule has 5 nitrogen and oxygen atoms in total. The van der Waals surface area contributed by atoms with Gasteiger partial charge in [0.25, 0.3) is 0 Å². The van der Waals surface area contributed by atoms with Crippen LogP contribution >= 0.6 is 0 Å². The zero-order chi connectivity index (χ0) is 22.8. The van der Waals surface area contributed by atoms with Crippen LogP contribution in [0.4, 0.5) is 0 Å². The summed E-state index contributed by atoms with van der Waals surface area (Å²) < 4.78 is 25.7. The molecule has 2 aliphatic carbocycles. The van der Waals surface area contributed by atoms with Crippen molar-refractivity contribution in [3.63, 3.8) is 0 Å². The summed E-state index contributed by atoms with van der Waals surface area (Å²) in [5.74, 6) is -0.258. The lowest BCUT2D eigenvalue weighted by molar-refractivity contribution is -0.297. The summed E-state index contributed by atoms with van der Waals surface area (Å²) in [6, 6.07) is 0. The van der Waals surface area contributed by atoms with Gasteiger partial charge in [0.2, 0.25) is 0 Å². The Labute approximate surface area is 190 Å². The van der Waals surface area contributed by atoms with Gasteiger partial charge in [-0.05, 0) is 41.8 Å². The minimum atomic E-state index is -1.93. The predicted molar refractivity (Wildman–Crippen MR) is 124 cm³/mol. The molecular formula is C25H46O5Si. The Kier molecular flexibility index (Phi) is 6.27. The van der Waals surface area contributed by atoms with E-state index in [9.17, 15) is 5.11 Å². The standard InChI is InChI=1S/C25H46O5Si/c1-16(2)31(17(3)4,18(5)6)29-13-12-23(7)19-10-9-11-25(27-14-15-28-25)24(19,8)22-20(30-22)21(23)26/h16-22,26H,9-15H2,1-8H3/t19-,20+,21?,22+,23-,24+/m0/s1. The summed E-state index contributed by atoms with van der Waals surface area (Å²) in [7, 11) is -1.93. The van der Waals surface area contributed by atoms with E-state index in [1.807, 2.05) is 0 Å². The van der Waals surface area contributed by atoms with E-state index < -0.39 is 20.2 Å². The van der Waals surface area contributed by atoms with Crippen molar-refractivity contribution in [2.24, 2.45) is 16.7 Å². The Bertz CT molecular complexity index is 639. The van der Waals surface area contributed by atoms with Crippen LogP contribution in [0.2, 0.25) is 16.6 Å². The second-order valence-corrected chi connectivity index (χ2v) is 17.5. The highest BCUT2D eigenvalue weighted by Gasteiger charge is 2.77. The molecule has 0 aromatic heterocycles. The van der Waals surface area contributed by atoms with Gasteiger partial charge in [0, 0.05) is 18.4 Å². The summed E-state index contributed by atoms with van der Waals surface area (Å²) in [6.45, 7) is 20.6. The van der Waals surface area contributed by atoms with E-state index in [-0.39, 0.29) is 23.0 Å². The molecule has 2 heterocycles. The Morgan fingerprint density at radius 1 is 1.00 bits per heavy atom. The Hall–Kier alpha value is 0.0169. The molecule has 2 saturated carbocycles. The number of rotatable bonds is 7. The first-order valence-corrected chi connectivity index (χ1v) is 14.9. The molecule has 0 bridgehead atoms. The van der Waals surface area contributed by atoms with Crippen molar-refractivity contribution in [3.8, 4) is 0 Å². The van der Waals surface area contributed by atoms with Gasteiger partial charge in [0.1, 0.15) is 6.10 Å². The van der Waals surface area contributed by atoms with Crippen LogP contribution in [0.25, 0.3) is 0 Å². The first-order chi connectivity index (χ1) is 14.5. The Balaban J connectivity index is 1.59. The van der Waals surface area contributed by atoms with E-state index in [4.69, 9.17) is 18.6 Å². The molecule has 6 atom stereocenters. The molecule has 4 rings (SSSR count). The predicted octanol–water partition coefficient (Wildman–Crippen LogP) is 5.27. The number of ether oxygens (including phenoxy) is 3. The highest BCUT2D eigenvalue weighted by molar-refractivity contribution is 6.77. The molecule has 4 fully saturated rings. The van der Waals surface area contributed by atoms with Crippen molar-refractivity contribution in [3.05, 3.63) is 0 Å². The molecule has 4 aliphatic rings. The van der Waals surface area contributed by atoms with E-state index in [1.165, 1.54) is 0 Å². The van der Waals surface area contributed by atoms with Crippen LogP contribution in [0, 0.1) is 16.7 Å². The molecule has 0 radical (unpaired) electrons. The first kappa shape index (κ1) is 24.2. The van der Waals surface area contributed by atoms with Gasteiger partial charge in [-0.25, -0.2) is 0 Å². The lowest BCUT2D eigenvalue weighted by Crippen LogP contribution is -2.67. The van der Waals surface area contributed by atoms with Crippen molar-refractivity contribution in [2.45, 2.75) is 122 Å². The molecule has 180 valence electrons. The van der Waals surface area contributed by atoms with E-state index in [0.717, 1.165) is 25.7 Å². The zero-order valence-corrected chi connectivity index (χ0v) is 22.1. The van der Waals surface area contributed by atoms with Crippen LogP contribution in [0.5, 0.6) is 0 Å². The third-order valence-corrected chi connectivity index (χ3v) is 16.0. The Morgan fingerprint density at radius 2 is 1.58 bits per heavy atom. The van der Waals surface area contributed by atoms with Crippen LogP contribution in [-0.4, -0.2) is 57.3 Å². The molecule has 0 amide bonds. The van der Waals surface area contributed by atoms with Crippen LogP contribution in [0.15, 0.2) is 0 Å². The van der Waals surface area contributed by atoms with Crippen LogP contribution in [0.1, 0.15) is 81.1 Å². The monoisotopic (exact) mass is 454 g/mol. The second-order valence-electron chi connectivity index (χ2n) is 12.1. The molecule has 0 aromatic rings. The van der Waals surface area contributed by atoms with Gasteiger partial charge < -0.3 is 23.7 Å². The average Bonchev–Trinajstić information content (AvgIpc) is 3.37. The summed E-state index contributed by atoms with van der Waals surface area (Å²) in [5.41, 5.74) is 1.22. The SMILES string of the molecule is CC(C)[Si](OCC[C@]1(C)C(O)[C@H]2O[C@H]2[C@@]2(C)[C@H]1CCCC21OCCO1)(C(C)C)C(C)C. The van der Waals surface area contributed by atoms with Crippen LogP contribution in [-0.2, 0) is 18.6 Å². The fourth-order valence-electron chi connectivity index (χ4n) is 8.41. The van der Waals surface area contributed by atoms with Gasteiger partial charge in [0.05, 0.1) is 30.8 Å². The molecule has 31 heavy (non-hydrogen) atoms. The van der Waals surface area contributed by atoms with Gasteiger partial charge in [0.15, 0.2) is 14.1 Å². The first-order valence-electron chi connectivity index (χ1n) is 12.7. The summed E-state index contributed by atoms with van der Waals surface area (Å²) in [6.07, 6.45) is 3.43. The number of aliphatic hydroxyl groups is 1. The van der Waals surface area contributed by atoms with Gasteiger partial charge in [-0.3, -0.25) is 0 Å². The molecule has 1 N–H and O–H groups in total. The molecule has 1 spiro atoms. The zero-order valence-electron chi connectivity index (χ0n) is 21.1. The highest BCUT2D eigenvalue weighted by atomic mass is 28.4.